The molecular formula is C13H19NO3. The lowest BCUT2D eigenvalue weighted by Gasteiger charge is -2.30. The minimum absolute atomic E-state index is 0.454. The van der Waals surface area contributed by atoms with Crippen LogP contribution in [0.5, 0.6) is 5.75 Å². The number of anilines is 1. The van der Waals surface area contributed by atoms with E-state index in [4.69, 9.17) is 4.74 Å². The lowest BCUT2D eigenvalue weighted by atomic mass is 10.2. The molecule has 1 aromatic rings. The van der Waals surface area contributed by atoms with Crippen molar-refractivity contribution in [2.24, 2.45) is 0 Å². The van der Waals surface area contributed by atoms with Gasteiger partial charge >= 0.3 is 0 Å². The van der Waals surface area contributed by atoms with E-state index in [9.17, 15) is 10.2 Å². The lowest BCUT2D eigenvalue weighted by Crippen LogP contribution is -2.40. The van der Waals surface area contributed by atoms with Crippen LogP contribution in [0.3, 0.4) is 0 Å². The number of nitrogens with zero attached hydrogens (tertiary/aromatic N) is 1. The highest BCUT2D eigenvalue weighted by Gasteiger charge is 2.16. The summed E-state index contributed by atoms with van der Waals surface area (Å²) in [5.41, 5.74) is 0.737. The molecule has 0 heterocycles. The molecule has 2 atom stereocenters. The Hall–Kier alpha value is -1.52. The topological polar surface area (TPSA) is 52.9 Å². The van der Waals surface area contributed by atoms with Gasteiger partial charge in [0, 0.05) is 5.69 Å². The van der Waals surface area contributed by atoms with Gasteiger partial charge in [-0.1, -0.05) is 12.7 Å². The molecule has 1 rings (SSSR count). The first kappa shape index (κ1) is 13.5. The molecule has 0 fully saturated rings. The van der Waals surface area contributed by atoms with Gasteiger partial charge in [-0.2, -0.15) is 0 Å². The molecule has 0 radical (unpaired) electrons. The fraction of sp³-hybridized carbons (Fsp3) is 0.385. The summed E-state index contributed by atoms with van der Waals surface area (Å²) >= 11 is 0. The molecule has 0 amide bonds. The number of rotatable bonds is 6. The molecule has 0 aliphatic carbocycles. The Balaban J connectivity index is 2.80. The second kappa shape index (κ2) is 6.27. The van der Waals surface area contributed by atoms with Crippen LogP contribution in [0, 0.1) is 0 Å². The highest BCUT2D eigenvalue weighted by Crippen LogP contribution is 2.22. The third kappa shape index (κ3) is 3.76. The van der Waals surface area contributed by atoms with Crippen LogP contribution in [-0.2, 0) is 0 Å². The molecule has 0 saturated carbocycles. The zero-order valence-corrected chi connectivity index (χ0v) is 10.2. The van der Waals surface area contributed by atoms with Crippen molar-refractivity contribution in [2.45, 2.75) is 26.3 Å². The van der Waals surface area contributed by atoms with Crippen LogP contribution in [-0.4, -0.2) is 29.3 Å². The molecule has 2 unspecified atom stereocenters. The van der Waals surface area contributed by atoms with E-state index in [0.29, 0.717) is 6.61 Å². The van der Waals surface area contributed by atoms with Gasteiger partial charge in [-0.05, 0) is 38.1 Å². The Labute approximate surface area is 102 Å². The van der Waals surface area contributed by atoms with E-state index in [0.717, 1.165) is 11.4 Å². The Morgan fingerprint density at radius 3 is 2.18 bits per heavy atom. The van der Waals surface area contributed by atoms with E-state index < -0.39 is 12.5 Å². The number of ether oxygens (including phenoxy) is 1. The van der Waals surface area contributed by atoms with Crippen LogP contribution < -0.4 is 9.64 Å². The van der Waals surface area contributed by atoms with Crippen LogP contribution in [0.4, 0.5) is 5.69 Å². The summed E-state index contributed by atoms with van der Waals surface area (Å²) in [4.78, 5) is 1.50. The van der Waals surface area contributed by atoms with Gasteiger partial charge in [0.25, 0.3) is 0 Å². The molecule has 0 aliphatic rings. The lowest BCUT2D eigenvalue weighted by molar-refractivity contribution is 0.105. The van der Waals surface area contributed by atoms with Crippen molar-refractivity contribution in [1.29, 1.82) is 0 Å². The van der Waals surface area contributed by atoms with E-state index >= 15 is 0 Å². The fourth-order valence-corrected chi connectivity index (χ4v) is 1.61. The van der Waals surface area contributed by atoms with Gasteiger partial charge in [-0.3, -0.25) is 0 Å². The standard InChI is InChI=1S/C13H19NO3/c1-4-9-17-13-7-5-12(6-8-13)14(10(2)15)11(3)16/h4-8,10-11,15-16H,1,9H2,2-3H3. The largest absolute Gasteiger partial charge is 0.490 e. The third-order valence-corrected chi connectivity index (χ3v) is 2.31. The Kier molecular flexibility index (Phi) is 5.00. The first-order valence-electron chi connectivity index (χ1n) is 5.54. The smallest absolute Gasteiger partial charge is 0.126 e. The second-order valence-corrected chi connectivity index (χ2v) is 3.76. The molecule has 4 nitrogen and oxygen atoms in total. The van der Waals surface area contributed by atoms with Crippen molar-refractivity contribution in [2.75, 3.05) is 11.5 Å². The van der Waals surface area contributed by atoms with Crippen molar-refractivity contribution >= 4 is 5.69 Å². The van der Waals surface area contributed by atoms with Gasteiger partial charge in [0.15, 0.2) is 0 Å². The number of aliphatic hydroxyl groups is 2. The highest BCUT2D eigenvalue weighted by atomic mass is 16.5. The minimum Gasteiger partial charge on any atom is -0.490 e. The predicted octanol–water partition coefficient (Wildman–Crippen LogP) is 1.73. The SMILES string of the molecule is C=CCOc1ccc(N(C(C)O)C(C)O)cc1. The zero-order valence-electron chi connectivity index (χ0n) is 10.2. The van der Waals surface area contributed by atoms with Crippen molar-refractivity contribution in [3.8, 4) is 5.75 Å². The van der Waals surface area contributed by atoms with E-state index in [-0.39, 0.29) is 0 Å². The Morgan fingerprint density at radius 1 is 1.24 bits per heavy atom. The summed E-state index contributed by atoms with van der Waals surface area (Å²) in [7, 11) is 0. The van der Waals surface area contributed by atoms with Crippen LogP contribution in [0.1, 0.15) is 13.8 Å². The quantitative estimate of drug-likeness (QED) is 0.584. The van der Waals surface area contributed by atoms with Crippen LogP contribution in [0.2, 0.25) is 0 Å². The number of hydrogen-bond acceptors (Lipinski definition) is 4. The van der Waals surface area contributed by atoms with Crippen molar-refractivity contribution in [3.63, 3.8) is 0 Å². The maximum atomic E-state index is 9.57. The number of hydrogen-bond donors (Lipinski definition) is 2. The van der Waals surface area contributed by atoms with E-state index in [1.54, 1.807) is 44.2 Å². The first-order chi connectivity index (χ1) is 8.06. The summed E-state index contributed by atoms with van der Waals surface area (Å²) in [5, 5.41) is 19.1. The highest BCUT2D eigenvalue weighted by molar-refractivity contribution is 5.49. The van der Waals surface area contributed by atoms with E-state index in [2.05, 4.69) is 6.58 Å². The van der Waals surface area contributed by atoms with Crippen LogP contribution in [0.25, 0.3) is 0 Å². The maximum Gasteiger partial charge on any atom is 0.126 e. The van der Waals surface area contributed by atoms with E-state index in [1.807, 2.05) is 0 Å². The average molecular weight is 237 g/mol. The molecule has 1 aromatic carbocycles. The number of benzene rings is 1. The van der Waals surface area contributed by atoms with Crippen LogP contribution >= 0.6 is 0 Å². The minimum atomic E-state index is -0.755. The van der Waals surface area contributed by atoms with Gasteiger partial charge in [0.2, 0.25) is 0 Å². The van der Waals surface area contributed by atoms with E-state index in [1.165, 1.54) is 4.90 Å². The van der Waals surface area contributed by atoms with Crippen molar-refractivity contribution < 1.29 is 14.9 Å². The molecule has 0 aromatic heterocycles. The molecular weight excluding hydrogens is 218 g/mol. The summed E-state index contributed by atoms with van der Waals surface area (Å²) in [5.74, 6) is 0.727. The van der Waals surface area contributed by atoms with Gasteiger partial charge in [0.05, 0.1) is 0 Å². The first-order valence-corrected chi connectivity index (χ1v) is 5.54. The molecule has 2 N–H and O–H groups in total. The molecule has 0 spiro atoms. The molecule has 94 valence electrons. The van der Waals surface area contributed by atoms with Gasteiger partial charge in [-0.15, -0.1) is 0 Å². The number of aliphatic hydroxyl groups excluding tert-OH is 2. The normalized spacial score (nSPS) is 13.9. The van der Waals surface area contributed by atoms with Gasteiger partial charge in [0.1, 0.15) is 24.8 Å². The Bertz CT molecular complexity index is 338. The van der Waals surface area contributed by atoms with Gasteiger partial charge in [-0.25, -0.2) is 0 Å². The van der Waals surface area contributed by atoms with Crippen LogP contribution in [0.15, 0.2) is 36.9 Å². The maximum absolute atomic E-state index is 9.57. The second-order valence-electron chi connectivity index (χ2n) is 3.76. The summed E-state index contributed by atoms with van der Waals surface area (Å²) in [6.07, 6.45) is 0.163. The molecule has 0 bridgehead atoms. The molecule has 0 saturated heterocycles. The van der Waals surface area contributed by atoms with Crippen molar-refractivity contribution in [1.82, 2.24) is 0 Å². The summed E-state index contributed by atoms with van der Waals surface area (Å²) in [6.45, 7) is 7.23. The van der Waals surface area contributed by atoms with Gasteiger partial charge < -0.3 is 19.8 Å². The summed E-state index contributed by atoms with van der Waals surface area (Å²) < 4.78 is 5.35. The third-order valence-electron chi connectivity index (χ3n) is 2.31. The van der Waals surface area contributed by atoms with Crippen molar-refractivity contribution in [3.05, 3.63) is 36.9 Å². The molecule has 0 aliphatic heterocycles. The fourth-order valence-electron chi connectivity index (χ4n) is 1.61. The summed E-state index contributed by atoms with van der Waals surface area (Å²) in [6, 6.07) is 7.16. The Morgan fingerprint density at radius 2 is 1.76 bits per heavy atom. The molecule has 17 heavy (non-hydrogen) atoms. The monoisotopic (exact) mass is 237 g/mol. The molecule has 4 heteroatoms. The average Bonchev–Trinajstić information content (AvgIpc) is 2.27. The zero-order chi connectivity index (χ0) is 12.8. The predicted molar refractivity (Wildman–Crippen MR) is 68.0 cm³/mol.